The summed E-state index contributed by atoms with van der Waals surface area (Å²) in [6.45, 7) is 1.99. The highest BCUT2D eigenvalue weighted by atomic mass is 32.2. The second kappa shape index (κ2) is 7.08. The lowest BCUT2D eigenvalue weighted by molar-refractivity contribution is -0.777. The first-order chi connectivity index (χ1) is 9.63. The van der Waals surface area contributed by atoms with Gasteiger partial charge in [-0.3, -0.25) is 5.04 Å². The Labute approximate surface area is 122 Å². The molecule has 1 saturated carbocycles. The fourth-order valence-electron chi connectivity index (χ4n) is 2.38. The van der Waals surface area contributed by atoms with E-state index in [1.807, 2.05) is 6.92 Å². The second-order valence-electron chi connectivity index (χ2n) is 5.14. The lowest BCUT2D eigenvalue weighted by Gasteiger charge is -2.33. The number of ether oxygens (including phenoxy) is 1. The van der Waals surface area contributed by atoms with Crippen LogP contribution in [-0.4, -0.2) is 11.6 Å². The molecule has 2 rings (SSSR count). The van der Waals surface area contributed by atoms with Gasteiger partial charge in [-0.15, -0.1) is 0 Å². The van der Waals surface area contributed by atoms with E-state index in [1.165, 1.54) is 6.42 Å². The van der Waals surface area contributed by atoms with Gasteiger partial charge in [-0.05, 0) is 56.9 Å². The largest absolute Gasteiger partial charge is 0.691 e. The van der Waals surface area contributed by atoms with Gasteiger partial charge in [-0.2, -0.15) is 4.33 Å². The molecular weight excluding hydrogens is 280 g/mol. The third-order valence-electron chi connectivity index (χ3n) is 3.50. The molecule has 0 radical (unpaired) electrons. The highest BCUT2D eigenvalue weighted by Crippen LogP contribution is 2.32. The van der Waals surface area contributed by atoms with Crippen molar-refractivity contribution < 1.29 is 24.2 Å². The van der Waals surface area contributed by atoms with Gasteiger partial charge in [-0.1, -0.05) is 6.42 Å². The molecule has 6 heteroatoms. The van der Waals surface area contributed by atoms with Gasteiger partial charge < -0.3 is 9.99 Å². The van der Waals surface area contributed by atoms with Crippen molar-refractivity contribution in [3.63, 3.8) is 0 Å². The topological polar surface area (TPSA) is 67.8 Å². The van der Waals surface area contributed by atoms with Crippen LogP contribution in [0.15, 0.2) is 29.2 Å². The molecular formula is C14H17O5S-. The summed E-state index contributed by atoms with van der Waals surface area (Å²) in [5.74, 6) is -0.313. The predicted octanol–water partition coefficient (Wildman–Crippen LogP) is 2.80. The summed E-state index contributed by atoms with van der Waals surface area (Å²) in [7, 11) is 0. The van der Waals surface area contributed by atoms with Crippen molar-refractivity contribution in [1.82, 2.24) is 0 Å². The highest BCUT2D eigenvalue weighted by molar-refractivity contribution is 7.94. The van der Waals surface area contributed by atoms with E-state index in [0.29, 0.717) is 10.5 Å². The van der Waals surface area contributed by atoms with Gasteiger partial charge in [0.05, 0.1) is 17.6 Å². The Morgan fingerprint density at radius 2 is 1.85 bits per heavy atom. The lowest BCUT2D eigenvalue weighted by Crippen LogP contribution is -2.33. The Morgan fingerprint density at radius 3 is 2.45 bits per heavy atom. The van der Waals surface area contributed by atoms with Crippen LogP contribution in [0.25, 0.3) is 0 Å². The average molecular weight is 297 g/mol. The van der Waals surface area contributed by atoms with Gasteiger partial charge in [0, 0.05) is 4.90 Å². The lowest BCUT2D eigenvalue weighted by atomic mass is 9.86. The van der Waals surface area contributed by atoms with Crippen molar-refractivity contribution >= 4 is 18.0 Å². The van der Waals surface area contributed by atoms with E-state index < -0.39 is 0 Å². The molecule has 1 aliphatic rings. The molecule has 110 valence electrons. The van der Waals surface area contributed by atoms with Gasteiger partial charge >= 0.3 is 5.97 Å². The van der Waals surface area contributed by atoms with Crippen LogP contribution in [0.5, 0.6) is 0 Å². The number of rotatable bonds is 5. The number of benzene rings is 1. The first kappa shape index (κ1) is 15.3. The minimum atomic E-state index is -0.345. The molecule has 0 amide bonds. The predicted molar refractivity (Wildman–Crippen MR) is 71.4 cm³/mol. The normalized spacial score (nSPS) is 17.7. The second-order valence-corrected chi connectivity index (χ2v) is 5.92. The van der Waals surface area contributed by atoms with Gasteiger partial charge in [0.15, 0.2) is 0 Å². The summed E-state index contributed by atoms with van der Waals surface area (Å²) in [6, 6.07) is 6.63. The molecule has 1 aromatic rings. The summed E-state index contributed by atoms with van der Waals surface area (Å²) in [6.07, 6.45) is 5.25. The molecule has 1 aromatic carbocycles. The number of carbonyl (C=O) groups excluding carboxylic acids is 1. The zero-order chi connectivity index (χ0) is 14.4. The van der Waals surface area contributed by atoms with Crippen LogP contribution in [0.3, 0.4) is 0 Å². The third-order valence-corrected chi connectivity index (χ3v) is 4.09. The number of hydrogen-bond donors (Lipinski definition) is 0. The summed E-state index contributed by atoms with van der Waals surface area (Å²) < 4.78 is 9.84. The van der Waals surface area contributed by atoms with Crippen LogP contribution in [0.2, 0.25) is 0 Å². The van der Waals surface area contributed by atoms with Crippen LogP contribution >= 0.6 is 12.0 Å². The van der Waals surface area contributed by atoms with Crippen molar-refractivity contribution in [3.05, 3.63) is 29.8 Å². The molecule has 0 aliphatic heterocycles. The summed E-state index contributed by atoms with van der Waals surface area (Å²) >= 11 is 0.789. The molecule has 0 atom stereocenters. The van der Waals surface area contributed by atoms with E-state index in [0.717, 1.165) is 37.7 Å². The van der Waals surface area contributed by atoms with Crippen LogP contribution in [0.1, 0.15) is 49.4 Å². The molecule has 20 heavy (non-hydrogen) atoms. The van der Waals surface area contributed by atoms with E-state index in [1.54, 1.807) is 24.3 Å². The molecule has 0 N–H and O–H groups in total. The maximum Gasteiger partial charge on any atom is 0.338 e. The standard InChI is InChI=1S/C14H18O5S/c1-14(9-3-2-4-10-14)17-13(15)11-5-7-12(8-6-11)20-19-18-16/h5-8,16H,2-4,9-10H2,1H3/p-1. The Bertz CT molecular complexity index is 439. The quantitative estimate of drug-likeness (QED) is 0.360. The molecule has 0 aromatic heterocycles. The van der Waals surface area contributed by atoms with Gasteiger partial charge in [0.25, 0.3) is 0 Å². The van der Waals surface area contributed by atoms with Crippen molar-refractivity contribution in [2.45, 2.75) is 49.5 Å². The fourth-order valence-corrected chi connectivity index (χ4v) is 2.74. The average Bonchev–Trinajstić information content (AvgIpc) is 2.46. The zero-order valence-electron chi connectivity index (χ0n) is 11.3. The van der Waals surface area contributed by atoms with Gasteiger partial charge in [-0.25, -0.2) is 4.79 Å². The van der Waals surface area contributed by atoms with Gasteiger partial charge in [0.1, 0.15) is 5.60 Å². The van der Waals surface area contributed by atoms with E-state index in [4.69, 9.17) is 4.74 Å². The first-order valence-corrected chi connectivity index (χ1v) is 7.34. The Morgan fingerprint density at radius 1 is 1.20 bits per heavy atom. The van der Waals surface area contributed by atoms with Crippen LogP contribution in [0, 0.1) is 0 Å². The van der Waals surface area contributed by atoms with E-state index in [9.17, 15) is 10.1 Å². The number of hydrogen-bond acceptors (Lipinski definition) is 6. The van der Waals surface area contributed by atoms with Crippen molar-refractivity contribution in [2.75, 3.05) is 0 Å². The van der Waals surface area contributed by atoms with E-state index >= 15 is 0 Å². The van der Waals surface area contributed by atoms with Crippen LogP contribution in [-0.2, 0) is 14.1 Å². The van der Waals surface area contributed by atoms with Crippen molar-refractivity contribution in [2.24, 2.45) is 0 Å². The molecule has 0 unspecified atom stereocenters. The SMILES string of the molecule is CC1(OC(=O)c2ccc(SOO[O-])cc2)CCCCC1. The minimum absolute atomic E-state index is 0.313. The maximum absolute atomic E-state index is 12.1. The Hall–Kier alpha value is -1.08. The summed E-state index contributed by atoms with van der Waals surface area (Å²) in [5.41, 5.74) is 0.145. The van der Waals surface area contributed by atoms with E-state index in [2.05, 4.69) is 9.37 Å². The van der Waals surface area contributed by atoms with Crippen LogP contribution < -0.4 is 5.26 Å². The fraction of sp³-hybridized carbons (Fsp3) is 0.500. The first-order valence-electron chi connectivity index (χ1n) is 6.59. The number of carbonyl (C=O) groups is 1. The monoisotopic (exact) mass is 297 g/mol. The molecule has 0 bridgehead atoms. The molecule has 1 aliphatic carbocycles. The van der Waals surface area contributed by atoms with Crippen LogP contribution in [0.4, 0.5) is 0 Å². The highest BCUT2D eigenvalue weighted by Gasteiger charge is 2.31. The molecule has 0 saturated heterocycles. The van der Waals surface area contributed by atoms with Crippen molar-refractivity contribution in [1.29, 1.82) is 0 Å². The van der Waals surface area contributed by atoms with Crippen molar-refractivity contribution in [3.8, 4) is 0 Å². The molecule has 1 fully saturated rings. The smallest absolute Gasteiger partial charge is 0.338 e. The van der Waals surface area contributed by atoms with Gasteiger partial charge in [0.2, 0.25) is 0 Å². The number of esters is 1. The molecule has 0 heterocycles. The Kier molecular flexibility index (Phi) is 5.42. The third kappa shape index (κ3) is 4.21. The molecule has 5 nitrogen and oxygen atoms in total. The maximum atomic E-state index is 12.1. The zero-order valence-corrected chi connectivity index (χ0v) is 12.1. The molecule has 0 spiro atoms. The Balaban J connectivity index is 1.94. The minimum Gasteiger partial charge on any atom is -0.691 e. The summed E-state index contributed by atoms with van der Waals surface area (Å²) in [4.78, 5) is 12.8. The summed E-state index contributed by atoms with van der Waals surface area (Å²) in [5, 5.41) is 13.0. The van der Waals surface area contributed by atoms with E-state index in [-0.39, 0.29) is 11.6 Å².